The Labute approximate surface area is 115 Å². The standard InChI is InChI=1S/C18H22O/c1-4-15(14-10-6-5-7-11-14)16-12-8-9-13-17(16)18(2,3)19/h5-13,15,19H,4H2,1-3H3. The lowest BCUT2D eigenvalue weighted by molar-refractivity contribution is 0.0773. The lowest BCUT2D eigenvalue weighted by atomic mass is 9.82. The van der Waals surface area contributed by atoms with Crippen molar-refractivity contribution in [3.63, 3.8) is 0 Å². The Morgan fingerprint density at radius 2 is 1.53 bits per heavy atom. The Balaban J connectivity index is 2.51. The lowest BCUT2D eigenvalue weighted by Gasteiger charge is -2.26. The molecule has 0 saturated heterocycles. The highest BCUT2D eigenvalue weighted by atomic mass is 16.3. The van der Waals surface area contributed by atoms with Crippen LogP contribution in [0.4, 0.5) is 0 Å². The highest BCUT2D eigenvalue weighted by Gasteiger charge is 2.23. The Morgan fingerprint density at radius 1 is 0.947 bits per heavy atom. The van der Waals surface area contributed by atoms with Crippen molar-refractivity contribution in [3.8, 4) is 0 Å². The highest BCUT2D eigenvalue weighted by Crippen LogP contribution is 2.34. The Hall–Kier alpha value is -1.60. The van der Waals surface area contributed by atoms with Gasteiger partial charge in [-0.15, -0.1) is 0 Å². The van der Waals surface area contributed by atoms with Gasteiger partial charge in [0.15, 0.2) is 0 Å². The minimum Gasteiger partial charge on any atom is -0.386 e. The molecule has 100 valence electrons. The molecule has 2 rings (SSSR count). The summed E-state index contributed by atoms with van der Waals surface area (Å²) in [4.78, 5) is 0. The molecule has 1 nitrogen and oxygen atoms in total. The molecule has 0 amide bonds. The van der Waals surface area contributed by atoms with Crippen LogP contribution in [-0.2, 0) is 5.60 Å². The molecule has 1 N–H and O–H groups in total. The van der Waals surface area contributed by atoms with Gasteiger partial charge in [-0.3, -0.25) is 0 Å². The van der Waals surface area contributed by atoms with Gasteiger partial charge >= 0.3 is 0 Å². The third-order valence-corrected chi connectivity index (χ3v) is 3.61. The topological polar surface area (TPSA) is 20.2 Å². The van der Waals surface area contributed by atoms with Crippen molar-refractivity contribution in [1.82, 2.24) is 0 Å². The third-order valence-electron chi connectivity index (χ3n) is 3.61. The van der Waals surface area contributed by atoms with E-state index in [2.05, 4.69) is 43.3 Å². The second-order valence-corrected chi connectivity index (χ2v) is 5.52. The van der Waals surface area contributed by atoms with Gasteiger partial charge in [0.1, 0.15) is 0 Å². The van der Waals surface area contributed by atoms with Crippen molar-refractivity contribution in [2.24, 2.45) is 0 Å². The fourth-order valence-electron chi connectivity index (χ4n) is 2.68. The van der Waals surface area contributed by atoms with Gasteiger partial charge in [0, 0.05) is 5.92 Å². The Morgan fingerprint density at radius 3 is 2.11 bits per heavy atom. The largest absolute Gasteiger partial charge is 0.386 e. The molecule has 1 unspecified atom stereocenters. The van der Waals surface area contributed by atoms with Crippen LogP contribution in [0.1, 0.15) is 49.8 Å². The van der Waals surface area contributed by atoms with Crippen LogP contribution in [0, 0.1) is 0 Å². The average molecular weight is 254 g/mol. The third kappa shape index (κ3) is 3.05. The monoisotopic (exact) mass is 254 g/mol. The molecule has 0 radical (unpaired) electrons. The first-order valence-corrected chi connectivity index (χ1v) is 6.90. The van der Waals surface area contributed by atoms with Gasteiger partial charge < -0.3 is 5.11 Å². The summed E-state index contributed by atoms with van der Waals surface area (Å²) in [5, 5.41) is 10.4. The summed E-state index contributed by atoms with van der Waals surface area (Å²) in [6, 6.07) is 18.7. The fourth-order valence-corrected chi connectivity index (χ4v) is 2.68. The molecule has 19 heavy (non-hydrogen) atoms. The zero-order valence-electron chi connectivity index (χ0n) is 11.9. The molecule has 0 fully saturated rings. The van der Waals surface area contributed by atoms with Crippen molar-refractivity contribution in [2.45, 2.75) is 38.7 Å². The number of hydrogen-bond acceptors (Lipinski definition) is 1. The maximum Gasteiger partial charge on any atom is 0.0843 e. The van der Waals surface area contributed by atoms with Crippen LogP contribution in [0.25, 0.3) is 0 Å². The first-order chi connectivity index (χ1) is 9.04. The first-order valence-electron chi connectivity index (χ1n) is 6.90. The van der Waals surface area contributed by atoms with Crippen molar-refractivity contribution < 1.29 is 5.11 Å². The molecule has 1 heteroatoms. The smallest absolute Gasteiger partial charge is 0.0843 e. The summed E-state index contributed by atoms with van der Waals surface area (Å²) in [5.74, 6) is 0.337. The van der Waals surface area contributed by atoms with Gasteiger partial charge in [-0.05, 0) is 37.0 Å². The molecule has 0 saturated carbocycles. The predicted molar refractivity (Wildman–Crippen MR) is 80.3 cm³/mol. The Kier molecular flexibility index (Phi) is 4.06. The van der Waals surface area contributed by atoms with E-state index in [-0.39, 0.29) is 0 Å². The number of rotatable bonds is 4. The van der Waals surface area contributed by atoms with E-state index >= 15 is 0 Å². The van der Waals surface area contributed by atoms with E-state index in [4.69, 9.17) is 0 Å². The molecule has 0 aromatic heterocycles. The fraction of sp³-hybridized carbons (Fsp3) is 0.333. The molecule has 0 bridgehead atoms. The number of aliphatic hydroxyl groups is 1. The van der Waals surface area contributed by atoms with Crippen molar-refractivity contribution >= 4 is 0 Å². The van der Waals surface area contributed by atoms with E-state index in [1.165, 1.54) is 11.1 Å². The zero-order chi connectivity index (χ0) is 13.9. The van der Waals surface area contributed by atoms with Crippen molar-refractivity contribution in [1.29, 1.82) is 0 Å². The van der Waals surface area contributed by atoms with Gasteiger partial charge in [0.2, 0.25) is 0 Å². The molecule has 0 spiro atoms. The maximum absolute atomic E-state index is 10.4. The van der Waals surface area contributed by atoms with Crippen molar-refractivity contribution in [2.75, 3.05) is 0 Å². The molecule has 2 aromatic rings. The highest BCUT2D eigenvalue weighted by molar-refractivity contribution is 5.40. The molecule has 0 heterocycles. The van der Waals surface area contributed by atoms with Crippen LogP contribution in [-0.4, -0.2) is 5.11 Å². The van der Waals surface area contributed by atoms with Gasteiger partial charge in [0.05, 0.1) is 5.60 Å². The zero-order valence-corrected chi connectivity index (χ0v) is 11.9. The number of hydrogen-bond donors (Lipinski definition) is 1. The molecule has 0 aliphatic heterocycles. The van der Waals surface area contributed by atoms with E-state index in [9.17, 15) is 5.11 Å². The van der Waals surface area contributed by atoms with Crippen molar-refractivity contribution in [3.05, 3.63) is 71.3 Å². The molecule has 2 aromatic carbocycles. The summed E-state index contributed by atoms with van der Waals surface area (Å²) in [7, 11) is 0. The SMILES string of the molecule is CCC(c1ccccc1)c1ccccc1C(C)(C)O. The van der Waals surface area contributed by atoms with E-state index in [0.29, 0.717) is 5.92 Å². The summed E-state index contributed by atoms with van der Waals surface area (Å²) in [6.45, 7) is 5.89. The predicted octanol–water partition coefficient (Wildman–Crippen LogP) is 4.46. The summed E-state index contributed by atoms with van der Waals surface area (Å²) in [6.07, 6.45) is 1.02. The molecule has 1 atom stereocenters. The van der Waals surface area contributed by atoms with E-state index in [0.717, 1.165) is 12.0 Å². The summed E-state index contributed by atoms with van der Waals surface area (Å²) < 4.78 is 0. The number of benzene rings is 2. The maximum atomic E-state index is 10.4. The second-order valence-electron chi connectivity index (χ2n) is 5.52. The normalized spacial score (nSPS) is 13.3. The second kappa shape index (κ2) is 5.58. The van der Waals surface area contributed by atoms with Gasteiger partial charge in [-0.1, -0.05) is 61.5 Å². The van der Waals surface area contributed by atoms with Crippen LogP contribution >= 0.6 is 0 Å². The molecular weight excluding hydrogens is 232 g/mol. The first kappa shape index (κ1) is 13.8. The minimum absolute atomic E-state index is 0.337. The summed E-state index contributed by atoms with van der Waals surface area (Å²) >= 11 is 0. The van der Waals surface area contributed by atoms with Crippen LogP contribution in [0.2, 0.25) is 0 Å². The average Bonchev–Trinajstić information content (AvgIpc) is 2.40. The minimum atomic E-state index is -0.807. The van der Waals surface area contributed by atoms with Crippen LogP contribution < -0.4 is 0 Å². The molecular formula is C18H22O. The quantitative estimate of drug-likeness (QED) is 0.854. The van der Waals surface area contributed by atoms with E-state index in [1.807, 2.05) is 32.0 Å². The van der Waals surface area contributed by atoms with Gasteiger partial charge in [-0.2, -0.15) is 0 Å². The van der Waals surface area contributed by atoms with Gasteiger partial charge in [0.25, 0.3) is 0 Å². The Bertz CT molecular complexity index is 523. The lowest BCUT2D eigenvalue weighted by Crippen LogP contribution is -2.19. The van der Waals surface area contributed by atoms with Crippen LogP contribution in [0.5, 0.6) is 0 Å². The molecule has 0 aliphatic rings. The van der Waals surface area contributed by atoms with Gasteiger partial charge in [-0.25, -0.2) is 0 Å². The van der Waals surface area contributed by atoms with Crippen LogP contribution in [0.15, 0.2) is 54.6 Å². The van der Waals surface area contributed by atoms with E-state index in [1.54, 1.807) is 0 Å². The van der Waals surface area contributed by atoms with E-state index < -0.39 is 5.60 Å². The van der Waals surface area contributed by atoms with Crippen LogP contribution in [0.3, 0.4) is 0 Å². The molecule has 0 aliphatic carbocycles. The summed E-state index contributed by atoms with van der Waals surface area (Å²) in [5.41, 5.74) is 2.75.